The number of rotatable bonds is 3. The number of benzene rings is 1. The summed E-state index contributed by atoms with van der Waals surface area (Å²) in [5, 5.41) is 7.17. The van der Waals surface area contributed by atoms with Gasteiger partial charge < -0.3 is 0 Å². The van der Waals surface area contributed by atoms with E-state index in [1.807, 2.05) is 19.2 Å². The molecule has 0 amide bonds. The molecule has 100 valence electrons. The van der Waals surface area contributed by atoms with Crippen LogP contribution in [0.4, 0.5) is 0 Å². The summed E-state index contributed by atoms with van der Waals surface area (Å²) in [6, 6.07) is 6.17. The van der Waals surface area contributed by atoms with Gasteiger partial charge in [0.05, 0.1) is 11.3 Å². The van der Waals surface area contributed by atoms with Gasteiger partial charge in [-0.25, -0.2) is 9.67 Å². The van der Waals surface area contributed by atoms with Crippen molar-refractivity contribution in [1.29, 1.82) is 0 Å². The SMILES string of the molecule is Cc1ccc(C)c(-n2cc(C=O)c(-c3nccs3)n2)c1. The smallest absolute Gasteiger partial charge is 0.153 e. The molecule has 0 spiro atoms. The third-order valence-corrected chi connectivity index (χ3v) is 3.90. The van der Waals surface area contributed by atoms with E-state index in [4.69, 9.17) is 0 Å². The Morgan fingerprint density at radius 3 is 2.85 bits per heavy atom. The van der Waals surface area contributed by atoms with Crippen LogP contribution in [0.5, 0.6) is 0 Å². The molecule has 0 unspecified atom stereocenters. The average Bonchev–Trinajstić information content (AvgIpc) is 3.09. The molecule has 1 aromatic carbocycles. The summed E-state index contributed by atoms with van der Waals surface area (Å²) in [6.07, 6.45) is 4.29. The monoisotopic (exact) mass is 283 g/mol. The number of hydrogen-bond acceptors (Lipinski definition) is 4. The van der Waals surface area contributed by atoms with Crippen LogP contribution in [0.3, 0.4) is 0 Å². The second kappa shape index (κ2) is 5.02. The molecule has 3 rings (SSSR count). The van der Waals surface area contributed by atoms with Crippen molar-refractivity contribution in [2.75, 3.05) is 0 Å². The molecule has 20 heavy (non-hydrogen) atoms. The normalized spacial score (nSPS) is 10.7. The molecule has 2 heterocycles. The van der Waals surface area contributed by atoms with Crippen molar-refractivity contribution in [3.05, 3.63) is 52.7 Å². The quantitative estimate of drug-likeness (QED) is 0.692. The Kier molecular flexibility index (Phi) is 3.20. The number of carbonyl (C=O) groups is 1. The van der Waals surface area contributed by atoms with Crippen molar-refractivity contribution in [3.8, 4) is 16.4 Å². The van der Waals surface area contributed by atoms with Gasteiger partial charge in [-0.15, -0.1) is 11.3 Å². The van der Waals surface area contributed by atoms with Gasteiger partial charge in [0.1, 0.15) is 10.7 Å². The van der Waals surface area contributed by atoms with Gasteiger partial charge in [0, 0.05) is 17.8 Å². The van der Waals surface area contributed by atoms with Gasteiger partial charge in [0.15, 0.2) is 6.29 Å². The predicted octanol–water partition coefficient (Wildman–Crippen LogP) is 3.43. The maximum absolute atomic E-state index is 11.2. The topological polar surface area (TPSA) is 47.8 Å². The maximum Gasteiger partial charge on any atom is 0.153 e. The van der Waals surface area contributed by atoms with Gasteiger partial charge in [-0.1, -0.05) is 12.1 Å². The molecule has 2 aromatic heterocycles. The summed E-state index contributed by atoms with van der Waals surface area (Å²) in [4.78, 5) is 15.5. The number of nitrogens with zero attached hydrogens (tertiary/aromatic N) is 3. The Morgan fingerprint density at radius 1 is 1.30 bits per heavy atom. The summed E-state index contributed by atoms with van der Waals surface area (Å²) in [6.45, 7) is 4.06. The summed E-state index contributed by atoms with van der Waals surface area (Å²) >= 11 is 1.48. The number of carbonyl (C=O) groups excluding carboxylic acids is 1. The Bertz CT molecular complexity index is 760. The van der Waals surface area contributed by atoms with Crippen molar-refractivity contribution >= 4 is 17.6 Å². The highest BCUT2D eigenvalue weighted by atomic mass is 32.1. The second-order valence-electron chi connectivity index (χ2n) is 4.62. The van der Waals surface area contributed by atoms with E-state index in [2.05, 4.69) is 28.3 Å². The molecule has 0 bridgehead atoms. The van der Waals surface area contributed by atoms with Crippen LogP contribution in [0.2, 0.25) is 0 Å². The zero-order valence-corrected chi connectivity index (χ0v) is 12.0. The lowest BCUT2D eigenvalue weighted by atomic mass is 10.1. The van der Waals surface area contributed by atoms with Crippen molar-refractivity contribution in [2.45, 2.75) is 13.8 Å². The van der Waals surface area contributed by atoms with Crippen LogP contribution < -0.4 is 0 Å². The Morgan fingerprint density at radius 2 is 2.15 bits per heavy atom. The maximum atomic E-state index is 11.2. The van der Waals surface area contributed by atoms with Gasteiger partial charge in [0.2, 0.25) is 0 Å². The van der Waals surface area contributed by atoms with Crippen LogP contribution in [0.1, 0.15) is 21.5 Å². The summed E-state index contributed by atoms with van der Waals surface area (Å²) in [7, 11) is 0. The first-order valence-corrected chi connectivity index (χ1v) is 7.09. The standard InChI is InChI=1S/C15H13N3OS/c1-10-3-4-11(2)13(7-10)18-8-12(9-19)14(17-18)15-16-5-6-20-15/h3-9H,1-2H3. The molecule has 0 aliphatic heterocycles. The van der Waals surface area contributed by atoms with Gasteiger partial charge in [-0.05, 0) is 31.0 Å². The van der Waals surface area contributed by atoms with Crippen molar-refractivity contribution < 1.29 is 4.79 Å². The highest BCUT2D eigenvalue weighted by molar-refractivity contribution is 7.13. The Hall–Kier alpha value is -2.27. The lowest BCUT2D eigenvalue weighted by molar-refractivity contribution is 0.112. The molecule has 5 heteroatoms. The highest BCUT2D eigenvalue weighted by Crippen LogP contribution is 2.25. The molecular weight excluding hydrogens is 270 g/mol. The first-order chi connectivity index (χ1) is 9.69. The molecule has 3 aromatic rings. The lowest BCUT2D eigenvalue weighted by Gasteiger charge is -2.06. The van der Waals surface area contributed by atoms with Gasteiger partial charge in [0.25, 0.3) is 0 Å². The van der Waals surface area contributed by atoms with E-state index in [0.29, 0.717) is 11.3 Å². The van der Waals surface area contributed by atoms with E-state index in [9.17, 15) is 4.79 Å². The van der Waals surface area contributed by atoms with Gasteiger partial charge in [-0.2, -0.15) is 5.10 Å². The minimum atomic E-state index is 0.556. The van der Waals surface area contributed by atoms with E-state index in [-0.39, 0.29) is 0 Å². The Balaban J connectivity index is 2.16. The van der Waals surface area contributed by atoms with E-state index in [1.165, 1.54) is 11.3 Å². The molecule has 0 fully saturated rings. The summed E-state index contributed by atoms with van der Waals surface area (Å²) in [5.41, 5.74) is 4.44. The fraction of sp³-hybridized carbons (Fsp3) is 0.133. The highest BCUT2D eigenvalue weighted by Gasteiger charge is 2.14. The molecule has 0 aliphatic carbocycles. The lowest BCUT2D eigenvalue weighted by Crippen LogP contribution is -1.98. The molecular formula is C15H13N3OS. The van der Waals surface area contributed by atoms with Crippen LogP contribution in [0.25, 0.3) is 16.4 Å². The molecule has 4 nitrogen and oxygen atoms in total. The van der Waals surface area contributed by atoms with Crippen molar-refractivity contribution in [1.82, 2.24) is 14.8 Å². The Labute approximate surface area is 120 Å². The third-order valence-electron chi connectivity index (χ3n) is 3.12. The van der Waals surface area contributed by atoms with Gasteiger partial charge >= 0.3 is 0 Å². The van der Waals surface area contributed by atoms with E-state index in [1.54, 1.807) is 17.1 Å². The van der Waals surface area contributed by atoms with Crippen LogP contribution in [0, 0.1) is 13.8 Å². The van der Waals surface area contributed by atoms with Crippen LogP contribution in [-0.2, 0) is 0 Å². The fourth-order valence-electron chi connectivity index (χ4n) is 2.07. The van der Waals surface area contributed by atoms with Crippen molar-refractivity contribution in [2.24, 2.45) is 0 Å². The number of aromatic nitrogens is 3. The first-order valence-electron chi connectivity index (χ1n) is 6.21. The minimum Gasteiger partial charge on any atom is -0.298 e. The third kappa shape index (κ3) is 2.16. The zero-order valence-electron chi connectivity index (χ0n) is 11.2. The van der Waals surface area contributed by atoms with E-state index >= 15 is 0 Å². The fourth-order valence-corrected chi connectivity index (χ4v) is 2.71. The number of thiazole rings is 1. The average molecular weight is 283 g/mol. The van der Waals surface area contributed by atoms with Gasteiger partial charge in [-0.3, -0.25) is 4.79 Å². The molecule has 0 radical (unpaired) electrons. The van der Waals surface area contributed by atoms with E-state index in [0.717, 1.165) is 28.1 Å². The minimum absolute atomic E-state index is 0.556. The molecule has 0 aliphatic rings. The van der Waals surface area contributed by atoms with Crippen LogP contribution >= 0.6 is 11.3 Å². The molecule has 0 atom stereocenters. The molecule has 0 saturated carbocycles. The second-order valence-corrected chi connectivity index (χ2v) is 5.52. The molecule has 0 saturated heterocycles. The van der Waals surface area contributed by atoms with Crippen molar-refractivity contribution in [3.63, 3.8) is 0 Å². The predicted molar refractivity (Wildman–Crippen MR) is 79.5 cm³/mol. The van der Waals surface area contributed by atoms with E-state index < -0.39 is 0 Å². The van der Waals surface area contributed by atoms with Crippen LogP contribution in [-0.4, -0.2) is 21.1 Å². The molecule has 0 N–H and O–H groups in total. The number of aldehydes is 1. The number of hydrogen-bond donors (Lipinski definition) is 0. The van der Waals surface area contributed by atoms with Crippen LogP contribution in [0.15, 0.2) is 36.0 Å². The largest absolute Gasteiger partial charge is 0.298 e. The summed E-state index contributed by atoms with van der Waals surface area (Å²) < 4.78 is 1.75. The number of aryl methyl sites for hydroxylation is 2. The zero-order chi connectivity index (χ0) is 14.1. The summed E-state index contributed by atoms with van der Waals surface area (Å²) in [5.74, 6) is 0. The first kappa shape index (κ1) is 12.7.